The molecule has 2 aliphatic rings. The minimum absolute atomic E-state index is 0.130. The topological polar surface area (TPSA) is 90.7 Å². The molecule has 2 atom stereocenters. The Kier molecular flexibility index (Phi) is 2.32. The predicted molar refractivity (Wildman–Crippen MR) is 66.2 cm³/mol. The molecule has 0 bridgehead atoms. The lowest BCUT2D eigenvalue weighted by Gasteiger charge is -2.21. The van der Waals surface area contributed by atoms with E-state index in [4.69, 9.17) is 11.6 Å². The van der Waals surface area contributed by atoms with E-state index in [1.807, 2.05) is 0 Å². The number of piperidine rings is 1. The average molecular weight is 283 g/mol. The number of carboxylic acids is 2. The maximum absolute atomic E-state index is 11.4. The van der Waals surface area contributed by atoms with Crippen LogP contribution in [0.1, 0.15) is 6.42 Å². The zero-order valence-electron chi connectivity index (χ0n) is 9.84. The van der Waals surface area contributed by atoms with Gasteiger partial charge in [0.2, 0.25) is 0 Å². The summed E-state index contributed by atoms with van der Waals surface area (Å²) in [6, 6.07) is 3.32. The van der Waals surface area contributed by atoms with Crippen molar-refractivity contribution in [1.82, 2.24) is 4.98 Å². The molecule has 0 aromatic carbocycles. The number of nitrogens with zero attached hydrogens (tertiary/aromatic N) is 2. The van der Waals surface area contributed by atoms with Crippen molar-refractivity contribution in [1.29, 1.82) is 0 Å². The smallest absolute Gasteiger partial charge is 0.312 e. The van der Waals surface area contributed by atoms with Gasteiger partial charge in [0, 0.05) is 19.3 Å². The van der Waals surface area contributed by atoms with Gasteiger partial charge in [0.1, 0.15) is 16.6 Å². The second-order valence-corrected chi connectivity index (χ2v) is 5.52. The van der Waals surface area contributed by atoms with Crippen molar-refractivity contribution in [3.8, 4) is 0 Å². The van der Waals surface area contributed by atoms with E-state index in [2.05, 4.69) is 4.98 Å². The summed E-state index contributed by atoms with van der Waals surface area (Å²) >= 11 is 6.02. The van der Waals surface area contributed by atoms with Gasteiger partial charge in [-0.2, -0.15) is 0 Å². The summed E-state index contributed by atoms with van der Waals surface area (Å²) in [5, 5.41) is 19.0. The first-order valence-electron chi connectivity index (χ1n) is 5.75. The predicted octanol–water partition coefficient (Wildman–Crippen LogP) is 1.10. The minimum atomic E-state index is -1.21. The summed E-state index contributed by atoms with van der Waals surface area (Å²) in [6.07, 6.45) is 1.72. The Labute approximate surface area is 113 Å². The quantitative estimate of drug-likeness (QED) is 0.863. The molecule has 0 spiro atoms. The van der Waals surface area contributed by atoms with Crippen molar-refractivity contribution >= 4 is 29.4 Å². The second-order valence-electron chi connectivity index (χ2n) is 5.12. The number of hydrogen-bond donors (Lipinski definition) is 2. The molecule has 1 aromatic heterocycles. The van der Waals surface area contributed by atoms with E-state index in [0.29, 0.717) is 10.8 Å². The van der Waals surface area contributed by atoms with Gasteiger partial charge < -0.3 is 15.1 Å². The van der Waals surface area contributed by atoms with Crippen LogP contribution in [0.3, 0.4) is 0 Å². The molecule has 0 radical (unpaired) electrons. The van der Waals surface area contributed by atoms with Crippen molar-refractivity contribution in [2.45, 2.75) is 6.42 Å². The number of aromatic nitrogens is 1. The zero-order chi connectivity index (χ0) is 13.8. The molecule has 2 N–H and O–H groups in total. The zero-order valence-corrected chi connectivity index (χ0v) is 10.6. The normalized spacial score (nSPS) is 31.9. The molecule has 1 aromatic rings. The molecule has 1 aliphatic heterocycles. The highest BCUT2D eigenvalue weighted by Gasteiger charge is 2.81. The van der Waals surface area contributed by atoms with Gasteiger partial charge in [-0.25, -0.2) is 4.98 Å². The van der Waals surface area contributed by atoms with Crippen LogP contribution in [-0.4, -0.2) is 40.2 Å². The summed E-state index contributed by atoms with van der Waals surface area (Å²) in [7, 11) is 0. The van der Waals surface area contributed by atoms with Crippen LogP contribution in [-0.2, 0) is 9.59 Å². The summed E-state index contributed by atoms with van der Waals surface area (Å²) in [4.78, 5) is 28.5. The fraction of sp³-hybridized carbons (Fsp3) is 0.417. The Bertz CT molecular complexity index is 565. The van der Waals surface area contributed by atoms with Crippen LogP contribution in [0.5, 0.6) is 0 Å². The number of carbonyl (C=O) groups is 2. The van der Waals surface area contributed by atoms with E-state index >= 15 is 0 Å². The first-order valence-corrected chi connectivity index (χ1v) is 6.13. The van der Waals surface area contributed by atoms with E-state index in [1.165, 1.54) is 0 Å². The SMILES string of the molecule is O=C(O)[C@@]12CN(c3ncccc3Cl)C[C@]1(C(=O)O)C2. The molecule has 0 amide bonds. The summed E-state index contributed by atoms with van der Waals surface area (Å²) in [5.41, 5.74) is -2.42. The maximum atomic E-state index is 11.4. The molecule has 0 unspecified atom stereocenters. The molecule has 1 saturated carbocycles. The standard InChI is InChI=1S/C12H11ClN2O4/c13-7-2-1-3-14-8(7)15-5-11(9(16)17)4-12(11,6-15)10(18)19/h1-3H,4-6H2,(H,16,17)(H,18,19)/t11-,12+. The monoisotopic (exact) mass is 282 g/mol. The first kappa shape index (κ1) is 12.2. The van der Waals surface area contributed by atoms with E-state index in [-0.39, 0.29) is 19.5 Å². The Hall–Kier alpha value is -1.82. The van der Waals surface area contributed by atoms with Gasteiger partial charge in [-0.1, -0.05) is 11.6 Å². The summed E-state index contributed by atoms with van der Waals surface area (Å²) in [5.74, 6) is -1.69. The maximum Gasteiger partial charge on any atom is 0.312 e. The number of fused-ring (bicyclic) bond motifs is 1. The molecule has 19 heavy (non-hydrogen) atoms. The van der Waals surface area contributed by atoms with Crippen LogP contribution in [0.4, 0.5) is 5.82 Å². The first-order chi connectivity index (χ1) is 8.93. The molecule has 3 rings (SSSR count). The highest BCUT2D eigenvalue weighted by atomic mass is 35.5. The lowest BCUT2D eigenvalue weighted by Crippen LogP contribution is -2.29. The molecule has 2 heterocycles. The van der Waals surface area contributed by atoms with Crippen molar-refractivity contribution in [3.63, 3.8) is 0 Å². The van der Waals surface area contributed by atoms with Gasteiger partial charge in [-0.15, -0.1) is 0 Å². The van der Waals surface area contributed by atoms with Crippen molar-refractivity contribution in [2.24, 2.45) is 10.8 Å². The van der Waals surface area contributed by atoms with Crippen molar-refractivity contribution < 1.29 is 19.8 Å². The summed E-state index contributed by atoms with van der Waals surface area (Å²) < 4.78 is 0. The van der Waals surface area contributed by atoms with Gasteiger partial charge in [-0.05, 0) is 18.6 Å². The molecule has 6 nitrogen and oxygen atoms in total. The third-order valence-electron chi connectivity index (χ3n) is 4.17. The third kappa shape index (κ3) is 1.40. The van der Waals surface area contributed by atoms with Gasteiger partial charge in [-0.3, -0.25) is 9.59 Å². The lowest BCUT2D eigenvalue weighted by molar-refractivity contribution is -0.151. The van der Waals surface area contributed by atoms with E-state index in [0.717, 1.165) is 0 Å². The fourth-order valence-electron chi connectivity index (χ4n) is 3.05. The molecule has 100 valence electrons. The lowest BCUT2D eigenvalue weighted by atomic mass is 9.97. The van der Waals surface area contributed by atoms with E-state index in [9.17, 15) is 19.8 Å². The van der Waals surface area contributed by atoms with Crippen LogP contribution in [0.2, 0.25) is 5.02 Å². The van der Waals surface area contributed by atoms with Gasteiger partial charge >= 0.3 is 11.9 Å². The number of anilines is 1. The van der Waals surface area contributed by atoms with Crippen LogP contribution in [0.15, 0.2) is 18.3 Å². The Morgan fingerprint density at radius 2 is 1.84 bits per heavy atom. The average Bonchev–Trinajstić information content (AvgIpc) is 2.90. The van der Waals surface area contributed by atoms with Crippen molar-refractivity contribution in [3.05, 3.63) is 23.4 Å². The highest BCUT2D eigenvalue weighted by molar-refractivity contribution is 6.33. The van der Waals surface area contributed by atoms with E-state index < -0.39 is 22.8 Å². The number of hydrogen-bond acceptors (Lipinski definition) is 4. The van der Waals surface area contributed by atoms with Crippen LogP contribution >= 0.6 is 11.6 Å². The van der Waals surface area contributed by atoms with E-state index in [1.54, 1.807) is 23.2 Å². The second kappa shape index (κ2) is 3.60. The molecule has 1 saturated heterocycles. The molecular weight excluding hydrogens is 272 g/mol. The molecule has 7 heteroatoms. The van der Waals surface area contributed by atoms with Crippen LogP contribution < -0.4 is 4.90 Å². The summed E-state index contributed by atoms with van der Waals surface area (Å²) in [6.45, 7) is 0.261. The Balaban J connectivity index is 1.97. The largest absolute Gasteiger partial charge is 0.481 e. The molecule has 1 aliphatic carbocycles. The number of aliphatic carboxylic acids is 2. The van der Waals surface area contributed by atoms with Crippen molar-refractivity contribution in [2.75, 3.05) is 18.0 Å². The number of carboxylic acid groups (broad SMARTS) is 2. The number of rotatable bonds is 3. The third-order valence-corrected chi connectivity index (χ3v) is 4.47. The minimum Gasteiger partial charge on any atom is -0.481 e. The van der Waals surface area contributed by atoms with Crippen LogP contribution in [0, 0.1) is 10.8 Å². The van der Waals surface area contributed by atoms with Crippen LogP contribution in [0.25, 0.3) is 0 Å². The molecular formula is C12H11ClN2O4. The fourth-order valence-corrected chi connectivity index (χ4v) is 3.29. The molecule has 2 fully saturated rings. The van der Waals surface area contributed by atoms with Gasteiger partial charge in [0.05, 0.1) is 5.02 Å². The number of pyridine rings is 1. The van der Waals surface area contributed by atoms with Gasteiger partial charge in [0.15, 0.2) is 0 Å². The Morgan fingerprint density at radius 3 is 2.32 bits per heavy atom. The Morgan fingerprint density at radius 1 is 1.26 bits per heavy atom. The van der Waals surface area contributed by atoms with Gasteiger partial charge in [0.25, 0.3) is 0 Å². The highest BCUT2D eigenvalue weighted by Crippen LogP contribution is 2.69. The number of halogens is 1.